The van der Waals surface area contributed by atoms with Gasteiger partial charge in [-0.3, -0.25) is 9.59 Å². The number of rotatable bonds is 3. The molecule has 2 aliphatic rings. The average molecular weight is 350 g/mol. The van der Waals surface area contributed by atoms with Gasteiger partial charge >= 0.3 is 0 Å². The van der Waals surface area contributed by atoms with Gasteiger partial charge in [0.05, 0.1) is 11.6 Å². The predicted molar refractivity (Wildman–Crippen MR) is 91.1 cm³/mol. The van der Waals surface area contributed by atoms with E-state index < -0.39 is 17.6 Å². The lowest BCUT2D eigenvalue weighted by Gasteiger charge is -2.23. The Morgan fingerprint density at radius 2 is 1.76 bits per heavy atom. The van der Waals surface area contributed by atoms with Crippen LogP contribution >= 0.6 is 0 Å². The van der Waals surface area contributed by atoms with Crippen molar-refractivity contribution < 1.29 is 18.4 Å². The van der Waals surface area contributed by atoms with E-state index >= 15 is 0 Å². The first-order valence-corrected chi connectivity index (χ1v) is 9.10. The van der Waals surface area contributed by atoms with E-state index in [9.17, 15) is 18.4 Å². The zero-order valence-corrected chi connectivity index (χ0v) is 14.3. The second kappa shape index (κ2) is 7.93. The van der Waals surface area contributed by atoms with Crippen molar-refractivity contribution in [2.75, 3.05) is 11.4 Å². The van der Waals surface area contributed by atoms with Crippen molar-refractivity contribution in [3.8, 4) is 0 Å². The highest BCUT2D eigenvalue weighted by Gasteiger charge is 2.36. The van der Waals surface area contributed by atoms with E-state index in [0.717, 1.165) is 37.8 Å². The van der Waals surface area contributed by atoms with Crippen LogP contribution in [0.15, 0.2) is 18.2 Å². The maximum absolute atomic E-state index is 13.9. The van der Waals surface area contributed by atoms with Gasteiger partial charge in [-0.2, -0.15) is 0 Å². The maximum Gasteiger partial charge on any atom is 0.227 e. The molecule has 1 aliphatic carbocycles. The van der Waals surface area contributed by atoms with Crippen LogP contribution < -0.4 is 10.2 Å². The largest absolute Gasteiger partial charge is 0.353 e. The highest BCUT2D eigenvalue weighted by atomic mass is 19.1. The minimum Gasteiger partial charge on any atom is -0.353 e. The van der Waals surface area contributed by atoms with E-state index in [-0.39, 0.29) is 36.5 Å². The van der Waals surface area contributed by atoms with Crippen LogP contribution in [-0.4, -0.2) is 24.4 Å². The summed E-state index contributed by atoms with van der Waals surface area (Å²) in [4.78, 5) is 26.0. The summed E-state index contributed by atoms with van der Waals surface area (Å²) >= 11 is 0. The zero-order valence-electron chi connectivity index (χ0n) is 14.3. The highest BCUT2D eigenvalue weighted by molar-refractivity contribution is 6.00. The Morgan fingerprint density at radius 3 is 2.44 bits per heavy atom. The van der Waals surface area contributed by atoms with Crippen LogP contribution in [0.4, 0.5) is 14.5 Å². The molecule has 0 aromatic heterocycles. The Morgan fingerprint density at radius 1 is 1.08 bits per heavy atom. The Hall–Kier alpha value is -1.98. The molecule has 1 saturated heterocycles. The first-order chi connectivity index (χ1) is 12.0. The van der Waals surface area contributed by atoms with E-state index in [4.69, 9.17) is 0 Å². The van der Waals surface area contributed by atoms with Gasteiger partial charge in [0.25, 0.3) is 0 Å². The molecule has 0 radical (unpaired) electrons. The number of anilines is 1. The third-order valence-electron chi connectivity index (χ3n) is 5.15. The minimum absolute atomic E-state index is 0.0349. The van der Waals surface area contributed by atoms with Crippen molar-refractivity contribution in [3.63, 3.8) is 0 Å². The molecule has 1 N–H and O–H groups in total. The number of carbonyl (C=O) groups is 2. The molecule has 2 fully saturated rings. The number of carbonyl (C=O) groups excluding carboxylic acids is 2. The Balaban J connectivity index is 1.62. The van der Waals surface area contributed by atoms with Crippen molar-refractivity contribution >= 4 is 17.5 Å². The fourth-order valence-corrected chi connectivity index (χ4v) is 3.74. The molecule has 6 heteroatoms. The minimum atomic E-state index is -0.783. The first kappa shape index (κ1) is 17.8. The maximum atomic E-state index is 13.9. The third kappa shape index (κ3) is 4.35. The number of nitrogens with one attached hydrogen (secondary N) is 1. The molecule has 0 spiro atoms. The van der Waals surface area contributed by atoms with E-state index in [1.165, 1.54) is 30.2 Å². The number of hydrogen-bond donors (Lipinski definition) is 1. The lowest BCUT2D eigenvalue weighted by atomic mass is 9.96. The summed E-state index contributed by atoms with van der Waals surface area (Å²) < 4.78 is 27.0. The standard InChI is InChI=1S/C19H24F2N2O2/c20-14-8-9-17(16(21)11-14)23-12-13(10-18(23)24)19(25)22-15-6-4-2-1-3-5-7-15/h8-9,11,13,15H,1-7,10,12H2,(H,22,25)/t13-/m0/s1. The summed E-state index contributed by atoms with van der Waals surface area (Å²) in [6.07, 6.45) is 7.90. The van der Waals surface area contributed by atoms with Gasteiger partial charge in [-0.05, 0) is 25.0 Å². The van der Waals surface area contributed by atoms with Crippen LogP contribution in [0.25, 0.3) is 0 Å². The van der Waals surface area contributed by atoms with Gasteiger partial charge in [0, 0.05) is 25.1 Å². The number of amides is 2. The van der Waals surface area contributed by atoms with Crippen molar-refractivity contribution in [3.05, 3.63) is 29.8 Å². The molecular weight excluding hydrogens is 326 g/mol. The van der Waals surface area contributed by atoms with Gasteiger partial charge in [-0.1, -0.05) is 32.1 Å². The molecule has 25 heavy (non-hydrogen) atoms. The average Bonchev–Trinajstić information content (AvgIpc) is 2.92. The van der Waals surface area contributed by atoms with Crippen molar-refractivity contribution in [2.24, 2.45) is 5.92 Å². The number of benzene rings is 1. The molecule has 0 bridgehead atoms. The van der Waals surface area contributed by atoms with Crippen molar-refractivity contribution in [1.82, 2.24) is 5.32 Å². The van der Waals surface area contributed by atoms with Crippen LogP contribution in [-0.2, 0) is 9.59 Å². The summed E-state index contributed by atoms with van der Waals surface area (Å²) in [7, 11) is 0. The highest BCUT2D eigenvalue weighted by Crippen LogP contribution is 2.28. The van der Waals surface area contributed by atoms with E-state index in [2.05, 4.69) is 5.32 Å². The van der Waals surface area contributed by atoms with Crippen molar-refractivity contribution in [1.29, 1.82) is 0 Å². The zero-order chi connectivity index (χ0) is 17.8. The van der Waals surface area contributed by atoms with Gasteiger partial charge in [-0.15, -0.1) is 0 Å². The van der Waals surface area contributed by atoms with Gasteiger partial charge in [0.15, 0.2) is 0 Å². The smallest absolute Gasteiger partial charge is 0.227 e. The first-order valence-electron chi connectivity index (χ1n) is 9.10. The van der Waals surface area contributed by atoms with Gasteiger partial charge < -0.3 is 10.2 Å². The lowest BCUT2D eigenvalue weighted by Crippen LogP contribution is -2.40. The Bertz CT molecular complexity index is 642. The van der Waals surface area contributed by atoms with Crippen LogP contribution in [0, 0.1) is 17.6 Å². The van der Waals surface area contributed by atoms with Crippen LogP contribution in [0.5, 0.6) is 0 Å². The molecule has 1 aromatic rings. The molecule has 1 aliphatic heterocycles. The molecule has 1 heterocycles. The molecular formula is C19H24F2N2O2. The molecule has 0 unspecified atom stereocenters. The monoisotopic (exact) mass is 350 g/mol. The molecule has 2 amide bonds. The Kier molecular flexibility index (Phi) is 5.66. The fourth-order valence-electron chi connectivity index (χ4n) is 3.74. The van der Waals surface area contributed by atoms with Crippen LogP contribution in [0.3, 0.4) is 0 Å². The molecule has 1 aromatic carbocycles. The summed E-state index contributed by atoms with van der Waals surface area (Å²) in [6, 6.07) is 3.29. The van der Waals surface area contributed by atoms with E-state index in [0.29, 0.717) is 0 Å². The molecule has 4 nitrogen and oxygen atoms in total. The van der Waals surface area contributed by atoms with Gasteiger partial charge in [-0.25, -0.2) is 8.78 Å². The van der Waals surface area contributed by atoms with Gasteiger partial charge in [0.1, 0.15) is 11.6 Å². The van der Waals surface area contributed by atoms with Gasteiger partial charge in [0.2, 0.25) is 11.8 Å². The number of hydrogen-bond acceptors (Lipinski definition) is 2. The van der Waals surface area contributed by atoms with E-state index in [1.54, 1.807) is 0 Å². The Labute approximate surface area is 146 Å². The summed E-state index contributed by atoms with van der Waals surface area (Å²) in [5.74, 6) is -2.39. The molecule has 3 rings (SSSR count). The third-order valence-corrected chi connectivity index (χ3v) is 5.15. The van der Waals surface area contributed by atoms with E-state index in [1.807, 2.05) is 0 Å². The quantitative estimate of drug-likeness (QED) is 0.906. The second-order valence-electron chi connectivity index (χ2n) is 7.05. The molecule has 1 atom stereocenters. The lowest BCUT2D eigenvalue weighted by molar-refractivity contribution is -0.127. The van der Waals surface area contributed by atoms with Crippen LogP contribution in [0.1, 0.15) is 51.4 Å². The molecule has 136 valence electrons. The summed E-state index contributed by atoms with van der Waals surface area (Å²) in [6.45, 7) is 0.139. The van der Waals surface area contributed by atoms with Crippen LogP contribution in [0.2, 0.25) is 0 Å². The molecule has 1 saturated carbocycles. The normalized spacial score (nSPS) is 22.6. The topological polar surface area (TPSA) is 49.4 Å². The SMILES string of the molecule is O=C(NC1CCCCCCC1)[C@H]1CC(=O)N(c2ccc(F)cc2F)C1. The summed E-state index contributed by atoms with van der Waals surface area (Å²) in [5.41, 5.74) is 0.0349. The number of nitrogens with zero attached hydrogens (tertiary/aromatic N) is 1. The van der Waals surface area contributed by atoms with Crippen molar-refractivity contribution in [2.45, 2.75) is 57.4 Å². The fraction of sp³-hybridized carbons (Fsp3) is 0.579. The second-order valence-corrected chi connectivity index (χ2v) is 7.05. The summed E-state index contributed by atoms with van der Waals surface area (Å²) in [5, 5.41) is 3.07. The predicted octanol–water partition coefficient (Wildman–Crippen LogP) is 3.55. The number of halogens is 2.